The Morgan fingerprint density at radius 2 is 1.68 bits per heavy atom. The molecule has 1 atom stereocenters. The summed E-state index contributed by atoms with van der Waals surface area (Å²) >= 11 is 0. The summed E-state index contributed by atoms with van der Waals surface area (Å²) in [6.45, 7) is 0. The van der Waals surface area contributed by atoms with Crippen molar-refractivity contribution in [3.63, 3.8) is 0 Å². The van der Waals surface area contributed by atoms with E-state index in [4.69, 9.17) is 5.26 Å². The number of aliphatic hydroxyl groups is 1. The molecule has 0 amide bonds. The SMILES string of the molecule is N#Cc1ccc([C@H]2CC[C@H]([C@H](O)c3c(C4CC4)ccc4cncn34)CC2)cc1. The van der Waals surface area contributed by atoms with Crippen molar-refractivity contribution >= 4 is 5.52 Å². The van der Waals surface area contributed by atoms with Crippen molar-refractivity contribution in [2.45, 2.75) is 56.5 Å². The molecule has 4 nitrogen and oxygen atoms in total. The fraction of sp³-hybridized carbons (Fsp3) is 0.417. The van der Waals surface area contributed by atoms with E-state index in [-0.39, 0.29) is 0 Å². The number of benzene rings is 1. The van der Waals surface area contributed by atoms with Crippen molar-refractivity contribution in [3.05, 3.63) is 71.3 Å². The Hall–Kier alpha value is -2.64. The van der Waals surface area contributed by atoms with Gasteiger partial charge in [0.1, 0.15) is 0 Å². The van der Waals surface area contributed by atoms with Crippen LogP contribution in [0.5, 0.6) is 0 Å². The Labute approximate surface area is 165 Å². The lowest BCUT2D eigenvalue weighted by Crippen LogP contribution is -2.22. The molecule has 0 aliphatic heterocycles. The molecule has 2 aromatic heterocycles. The van der Waals surface area contributed by atoms with Crippen LogP contribution in [-0.4, -0.2) is 14.5 Å². The largest absolute Gasteiger partial charge is 0.387 e. The van der Waals surface area contributed by atoms with Gasteiger partial charge in [-0.3, -0.25) is 0 Å². The number of rotatable bonds is 4. The zero-order chi connectivity index (χ0) is 19.1. The van der Waals surface area contributed by atoms with Crippen LogP contribution in [0.3, 0.4) is 0 Å². The normalized spacial score (nSPS) is 23.4. The molecule has 2 aliphatic rings. The Morgan fingerprint density at radius 1 is 0.964 bits per heavy atom. The minimum atomic E-state index is -0.435. The van der Waals surface area contributed by atoms with Gasteiger partial charge in [0.25, 0.3) is 0 Å². The van der Waals surface area contributed by atoms with E-state index in [9.17, 15) is 5.11 Å². The zero-order valence-corrected chi connectivity index (χ0v) is 16.0. The predicted octanol–water partition coefficient (Wildman–Crippen LogP) is 5.09. The van der Waals surface area contributed by atoms with E-state index in [0.717, 1.165) is 36.9 Å². The van der Waals surface area contributed by atoms with Crippen LogP contribution < -0.4 is 0 Å². The lowest BCUT2D eigenvalue weighted by atomic mass is 9.75. The fourth-order valence-corrected chi connectivity index (χ4v) is 4.90. The van der Waals surface area contributed by atoms with Crippen molar-refractivity contribution in [2.24, 2.45) is 5.92 Å². The van der Waals surface area contributed by atoms with E-state index in [0.29, 0.717) is 23.3 Å². The summed E-state index contributed by atoms with van der Waals surface area (Å²) < 4.78 is 2.10. The van der Waals surface area contributed by atoms with Crippen molar-refractivity contribution in [2.75, 3.05) is 0 Å². The van der Waals surface area contributed by atoms with Gasteiger partial charge in [-0.25, -0.2) is 4.98 Å². The van der Waals surface area contributed by atoms with Gasteiger partial charge in [-0.05, 0) is 85.6 Å². The molecule has 4 heteroatoms. The topological polar surface area (TPSA) is 61.3 Å². The standard InChI is InChI=1S/C24H25N3O/c25-13-16-1-3-17(4-2-16)18-5-9-20(10-6-18)24(28)23-22(19-7-8-19)12-11-21-14-26-15-27(21)23/h1-4,11-12,14-15,18-20,24,28H,5-10H2/t18-,20-,24-/m0/s1. The highest BCUT2D eigenvalue weighted by atomic mass is 16.3. The fourth-order valence-electron chi connectivity index (χ4n) is 4.90. The lowest BCUT2D eigenvalue weighted by molar-refractivity contribution is 0.0754. The third-order valence-electron chi connectivity index (χ3n) is 6.68. The number of hydrogen-bond acceptors (Lipinski definition) is 3. The second-order valence-electron chi connectivity index (χ2n) is 8.43. The highest BCUT2D eigenvalue weighted by Gasteiger charge is 2.34. The summed E-state index contributed by atoms with van der Waals surface area (Å²) in [6.07, 6.45) is 9.98. The molecule has 0 bridgehead atoms. The summed E-state index contributed by atoms with van der Waals surface area (Å²) in [5.74, 6) is 1.43. The Kier molecular flexibility index (Phi) is 4.41. The van der Waals surface area contributed by atoms with E-state index >= 15 is 0 Å². The second kappa shape index (κ2) is 7.07. The molecule has 3 aromatic rings. The van der Waals surface area contributed by atoms with Gasteiger partial charge in [0, 0.05) is 0 Å². The van der Waals surface area contributed by atoms with Crippen molar-refractivity contribution in [1.82, 2.24) is 9.38 Å². The maximum atomic E-state index is 11.4. The predicted molar refractivity (Wildman–Crippen MR) is 108 cm³/mol. The minimum Gasteiger partial charge on any atom is -0.387 e. The third-order valence-corrected chi connectivity index (χ3v) is 6.68. The van der Waals surface area contributed by atoms with Crippen LogP contribution in [0.15, 0.2) is 48.9 Å². The molecule has 0 spiro atoms. The summed E-state index contributed by atoms with van der Waals surface area (Å²) in [6, 6.07) is 14.5. The van der Waals surface area contributed by atoms with Crippen LogP contribution in [0, 0.1) is 17.2 Å². The monoisotopic (exact) mass is 371 g/mol. The first kappa shape index (κ1) is 17.5. The van der Waals surface area contributed by atoms with Gasteiger partial charge >= 0.3 is 0 Å². The van der Waals surface area contributed by atoms with Gasteiger partial charge in [0.15, 0.2) is 0 Å². The van der Waals surface area contributed by atoms with E-state index < -0.39 is 6.10 Å². The quantitative estimate of drug-likeness (QED) is 0.695. The van der Waals surface area contributed by atoms with Gasteiger partial charge < -0.3 is 9.51 Å². The molecule has 28 heavy (non-hydrogen) atoms. The first-order chi connectivity index (χ1) is 13.7. The number of aliphatic hydroxyl groups excluding tert-OH is 1. The lowest BCUT2D eigenvalue weighted by Gasteiger charge is -2.33. The van der Waals surface area contributed by atoms with Crippen LogP contribution >= 0.6 is 0 Å². The second-order valence-corrected chi connectivity index (χ2v) is 8.43. The number of imidazole rings is 1. The summed E-state index contributed by atoms with van der Waals surface area (Å²) in [4.78, 5) is 4.31. The smallest absolute Gasteiger partial charge is 0.0995 e. The van der Waals surface area contributed by atoms with Crippen molar-refractivity contribution in [3.8, 4) is 6.07 Å². The first-order valence-electron chi connectivity index (χ1n) is 10.4. The summed E-state index contributed by atoms with van der Waals surface area (Å²) in [7, 11) is 0. The molecule has 2 heterocycles. The minimum absolute atomic E-state index is 0.292. The molecule has 2 fully saturated rings. The van der Waals surface area contributed by atoms with Crippen LogP contribution in [0.2, 0.25) is 0 Å². The number of hydrogen-bond donors (Lipinski definition) is 1. The van der Waals surface area contributed by atoms with Crippen LogP contribution in [0.4, 0.5) is 0 Å². The molecule has 0 unspecified atom stereocenters. The average molecular weight is 371 g/mol. The van der Waals surface area contributed by atoms with Gasteiger partial charge in [-0.1, -0.05) is 18.2 Å². The van der Waals surface area contributed by atoms with E-state index in [1.54, 1.807) is 0 Å². The third kappa shape index (κ3) is 3.10. The maximum Gasteiger partial charge on any atom is 0.0995 e. The van der Waals surface area contributed by atoms with Gasteiger partial charge in [0.05, 0.1) is 41.5 Å². The van der Waals surface area contributed by atoms with Gasteiger partial charge in [-0.2, -0.15) is 5.26 Å². The highest BCUT2D eigenvalue weighted by molar-refractivity contribution is 5.50. The molecule has 5 rings (SSSR count). The van der Waals surface area contributed by atoms with Gasteiger partial charge in [-0.15, -0.1) is 0 Å². The molecule has 0 saturated heterocycles. The molecular weight excluding hydrogens is 346 g/mol. The Morgan fingerprint density at radius 3 is 2.36 bits per heavy atom. The number of pyridine rings is 1. The number of nitriles is 1. The van der Waals surface area contributed by atoms with Crippen LogP contribution in [-0.2, 0) is 0 Å². The van der Waals surface area contributed by atoms with Crippen LogP contribution in [0.1, 0.15) is 78.8 Å². The van der Waals surface area contributed by atoms with Crippen LogP contribution in [0.25, 0.3) is 5.52 Å². The van der Waals surface area contributed by atoms with Crippen molar-refractivity contribution in [1.29, 1.82) is 5.26 Å². The zero-order valence-electron chi connectivity index (χ0n) is 16.0. The molecule has 1 aromatic carbocycles. The number of nitrogens with zero attached hydrogens (tertiary/aromatic N) is 3. The highest BCUT2D eigenvalue weighted by Crippen LogP contribution is 2.47. The van der Waals surface area contributed by atoms with E-state index in [1.165, 1.54) is 24.0 Å². The van der Waals surface area contributed by atoms with E-state index in [1.807, 2.05) is 24.7 Å². The first-order valence-corrected chi connectivity index (χ1v) is 10.4. The molecule has 0 radical (unpaired) electrons. The average Bonchev–Trinajstić information content (AvgIpc) is 3.49. The van der Waals surface area contributed by atoms with E-state index in [2.05, 4.69) is 39.7 Å². The van der Waals surface area contributed by atoms with Crippen molar-refractivity contribution < 1.29 is 5.11 Å². The number of fused-ring (bicyclic) bond motifs is 1. The molecule has 2 aliphatic carbocycles. The summed E-state index contributed by atoms with van der Waals surface area (Å²) in [5, 5.41) is 20.3. The number of aromatic nitrogens is 2. The Bertz CT molecular complexity index is 1020. The molecule has 1 N–H and O–H groups in total. The molecule has 142 valence electrons. The maximum absolute atomic E-state index is 11.4. The molecular formula is C24H25N3O. The summed E-state index contributed by atoms with van der Waals surface area (Å²) in [5.41, 5.74) is 5.48. The molecule has 2 saturated carbocycles. The Balaban J connectivity index is 1.35. The van der Waals surface area contributed by atoms with Gasteiger partial charge in [0.2, 0.25) is 0 Å².